The Labute approximate surface area is 196 Å². The van der Waals surface area contributed by atoms with Gasteiger partial charge in [0, 0.05) is 13.1 Å². The van der Waals surface area contributed by atoms with Gasteiger partial charge < -0.3 is 4.90 Å². The Morgan fingerprint density at radius 3 is 2.15 bits per heavy atom. The first-order chi connectivity index (χ1) is 15.8. The number of nitrogens with zero attached hydrogens (tertiary/aromatic N) is 2. The maximum atomic E-state index is 13.9. The van der Waals surface area contributed by atoms with Crippen molar-refractivity contribution >= 4 is 23.1 Å². The normalized spacial score (nSPS) is 13.8. The summed E-state index contributed by atoms with van der Waals surface area (Å²) in [6.07, 6.45) is 0. The molecule has 0 saturated heterocycles. The monoisotopic (exact) mass is 438 g/mol. The van der Waals surface area contributed by atoms with Crippen LogP contribution in [0.25, 0.3) is 5.57 Å². The van der Waals surface area contributed by atoms with Crippen molar-refractivity contribution in [3.63, 3.8) is 0 Å². The fourth-order valence-electron chi connectivity index (χ4n) is 4.32. The lowest BCUT2D eigenvalue weighted by atomic mass is 9.99. The SMILES string of the molecule is CCN(Cc1ccccc1)C1=C(c2ccc(C)c(C)c2)C(=O)N(c2cccc(C)c2C)C1=O. The molecule has 0 unspecified atom stereocenters. The first kappa shape index (κ1) is 22.5. The highest BCUT2D eigenvalue weighted by molar-refractivity contribution is 6.45. The lowest BCUT2D eigenvalue weighted by Gasteiger charge is -2.25. The van der Waals surface area contributed by atoms with Crippen molar-refractivity contribution in [3.8, 4) is 0 Å². The number of carbonyl (C=O) groups is 2. The summed E-state index contributed by atoms with van der Waals surface area (Å²) < 4.78 is 0. The van der Waals surface area contributed by atoms with Crippen LogP contribution < -0.4 is 4.90 Å². The molecule has 0 bridgehead atoms. The van der Waals surface area contributed by atoms with Crippen LogP contribution in [0.1, 0.15) is 40.3 Å². The van der Waals surface area contributed by atoms with E-state index in [1.807, 2.05) is 106 Å². The summed E-state index contributed by atoms with van der Waals surface area (Å²) in [5.41, 5.74) is 7.70. The number of carbonyl (C=O) groups excluding carboxylic acids is 2. The molecular weight excluding hydrogens is 408 g/mol. The molecule has 0 radical (unpaired) electrons. The minimum atomic E-state index is -0.265. The van der Waals surface area contributed by atoms with E-state index in [1.165, 1.54) is 4.90 Å². The lowest BCUT2D eigenvalue weighted by molar-refractivity contribution is -0.120. The summed E-state index contributed by atoms with van der Waals surface area (Å²) in [6, 6.07) is 21.8. The molecule has 4 nitrogen and oxygen atoms in total. The van der Waals surface area contributed by atoms with Gasteiger partial charge in [-0.3, -0.25) is 9.59 Å². The number of imide groups is 1. The maximum absolute atomic E-state index is 13.9. The summed E-state index contributed by atoms with van der Waals surface area (Å²) in [5.74, 6) is -0.529. The molecule has 0 N–H and O–H groups in total. The van der Waals surface area contributed by atoms with Gasteiger partial charge in [-0.2, -0.15) is 0 Å². The molecule has 0 spiro atoms. The molecule has 1 heterocycles. The number of aryl methyl sites for hydroxylation is 3. The maximum Gasteiger partial charge on any atom is 0.282 e. The predicted octanol–water partition coefficient (Wildman–Crippen LogP) is 5.73. The molecule has 3 aromatic carbocycles. The molecule has 0 atom stereocenters. The summed E-state index contributed by atoms with van der Waals surface area (Å²) in [7, 11) is 0. The van der Waals surface area contributed by atoms with E-state index in [9.17, 15) is 9.59 Å². The van der Waals surface area contributed by atoms with Gasteiger partial charge in [-0.15, -0.1) is 0 Å². The van der Waals surface area contributed by atoms with Crippen LogP contribution in [0.3, 0.4) is 0 Å². The van der Waals surface area contributed by atoms with Crippen LogP contribution in [0.4, 0.5) is 5.69 Å². The standard InChI is InChI=1S/C29H30N2O2/c1-6-30(18-23-12-8-7-9-13-23)27-26(24-16-15-19(2)21(4)17-24)28(32)31(29(27)33)25-14-10-11-20(3)22(25)5/h7-17H,6,18H2,1-5H3. The van der Waals surface area contributed by atoms with Gasteiger partial charge >= 0.3 is 0 Å². The highest BCUT2D eigenvalue weighted by atomic mass is 16.2. The molecule has 4 rings (SSSR count). The van der Waals surface area contributed by atoms with Gasteiger partial charge in [0.25, 0.3) is 11.8 Å². The van der Waals surface area contributed by atoms with E-state index in [0.717, 1.165) is 33.4 Å². The number of benzene rings is 3. The summed E-state index contributed by atoms with van der Waals surface area (Å²) in [5, 5.41) is 0. The van der Waals surface area contributed by atoms with Gasteiger partial charge in [0.1, 0.15) is 5.70 Å². The quantitative estimate of drug-likeness (QED) is 0.462. The zero-order valence-corrected chi connectivity index (χ0v) is 20.0. The molecular formula is C29H30N2O2. The largest absolute Gasteiger partial charge is 0.362 e. The molecule has 2 amide bonds. The van der Waals surface area contributed by atoms with E-state index in [1.54, 1.807) is 0 Å². The minimum absolute atomic E-state index is 0.264. The van der Waals surface area contributed by atoms with Crippen molar-refractivity contribution in [3.05, 3.63) is 106 Å². The topological polar surface area (TPSA) is 40.6 Å². The highest BCUT2D eigenvalue weighted by Crippen LogP contribution is 2.37. The lowest BCUT2D eigenvalue weighted by Crippen LogP contribution is -2.35. The van der Waals surface area contributed by atoms with E-state index in [2.05, 4.69) is 0 Å². The molecule has 168 valence electrons. The highest BCUT2D eigenvalue weighted by Gasteiger charge is 2.42. The third kappa shape index (κ3) is 4.09. The Bertz CT molecular complexity index is 1260. The zero-order valence-electron chi connectivity index (χ0n) is 20.0. The van der Waals surface area contributed by atoms with Crippen LogP contribution in [0, 0.1) is 27.7 Å². The van der Waals surface area contributed by atoms with E-state index in [4.69, 9.17) is 0 Å². The molecule has 1 aliphatic heterocycles. The average molecular weight is 439 g/mol. The third-order valence-corrected chi connectivity index (χ3v) is 6.59. The van der Waals surface area contributed by atoms with Gasteiger partial charge in [-0.1, -0.05) is 60.7 Å². The number of anilines is 1. The minimum Gasteiger partial charge on any atom is -0.362 e. The smallest absolute Gasteiger partial charge is 0.282 e. The second-order valence-electron chi connectivity index (χ2n) is 8.69. The van der Waals surface area contributed by atoms with Crippen molar-refractivity contribution in [2.45, 2.75) is 41.2 Å². The van der Waals surface area contributed by atoms with Gasteiger partial charge in [0.05, 0.1) is 11.3 Å². The second kappa shape index (κ2) is 9.07. The van der Waals surface area contributed by atoms with Crippen LogP contribution in [-0.2, 0) is 16.1 Å². The Balaban J connectivity index is 1.88. The molecule has 0 saturated carbocycles. The van der Waals surface area contributed by atoms with Crippen molar-refractivity contribution in [2.75, 3.05) is 11.4 Å². The molecule has 4 heteroatoms. The molecule has 0 fully saturated rings. The van der Waals surface area contributed by atoms with E-state index >= 15 is 0 Å². The summed E-state index contributed by atoms with van der Waals surface area (Å²) in [6.45, 7) is 11.2. The van der Waals surface area contributed by atoms with E-state index in [0.29, 0.717) is 30.0 Å². The van der Waals surface area contributed by atoms with Gasteiger partial charge in [-0.05, 0) is 74.1 Å². The number of likely N-dealkylation sites (N-methyl/N-ethyl adjacent to an activating group) is 1. The first-order valence-corrected chi connectivity index (χ1v) is 11.4. The van der Waals surface area contributed by atoms with Crippen LogP contribution >= 0.6 is 0 Å². The first-order valence-electron chi connectivity index (χ1n) is 11.4. The van der Waals surface area contributed by atoms with Crippen LogP contribution in [-0.4, -0.2) is 23.3 Å². The second-order valence-corrected chi connectivity index (χ2v) is 8.69. The van der Waals surface area contributed by atoms with Crippen LogP contribution in [0.15, 0.2) is 72.4 Å². The Hall–Kier alpha value is -3.66. The van der Waals surface area contributed by atoms with Crippen molar-refractivity contribution in [2.24, 2.45) is 0 Å². The molecule has 33 heavy (non-hydrogen) atoms. The third-order valence-electron chi connectivity index (χ3n) is 6.59. The molecule has 0 aromatic heterocycles. The summed E-state index contributed by atoms with van der Waals surface area (Å²) >= 11 is 0. The Kier molecular flexibility index (Phi) is 6.19. The fraction of sp³-hybridized carbons (Fsp3) is 0.241. The number of hydrogen-bond donors (Lipinski definition) is 0. The van der Waals surface area contributed by atoms with Crippen LogP contribution in [0.2, 0.25) is 0 Å². The average Bonchev–Trinajstić information content (AvgIpc) is 3.06. The van der Waals surface area contributed by atoms with Gasteiger partial charge in [0.2, 0.25) is 0 Å². The Morgan fingerprint density at radius 1 is 0.758 bits per heavy atom. The van der Waals surface area contributed by atoms with Gasteiger partial charge in [-0.25, -0.2) is 4.90 Å². The number of hydrogen-bond acceptors (Lipinski definition) is 3. The van der Waals surface area contributed by atoms with Gasteiger partial charge in [0.15, 0.2) is 0 Å². The number of amides is 2. The van der Waals surface area contributed by atoms with Crippen molar-refractivity contribution in [1.82, 2.24) is 4.90 Å². The zero-order chi connectivity index (χ0) is 23.7. The molecule has 3 aromatic rings. The van der Waals surface area contributed by atoms with E-state index in [-0.39, 0.29) is 11.8 Å². The van der Waals surface area contributed by atoms with E-state index < -0.39 is 0 Å². The predicted molar refractivity (Wildman–Crippen MR) is 134 cm³/mol. The van der Waals surface area contributed by atoms with Crippen LogP contribution in [0.5, 0.6) is 0 Å². The van der Waals surface area contributed by atoms with Crippen molar-refractivity contribution < 1.29 is 9.59 Å². The molecule has 0 aliphatic carbocycles. The van der Waals surface area contributed by atoms with Crippen molar-refractivity contribution in [1.29, 1.82) is 0 Å². The summed E-state index contributed by atoms with van der Waals surface area (Å²) in [4.78, 5) is 31.2. The fourth-order valence-corrected chi connectivity index (χ4v) is 4.32. The molecule has 1 aliphatic rings. The number of rotatable bonds is 6. The Morgan fingerprint density at radius 2 is 1.48 bits per heavy atom.